The van der Waals surface area contributed by atoms with Crippen molar-refractivity contribution in [2.45, 2.75) is 38.8 Å². The molecule has 0 spiro atoms. The lowest BCUT2D eigenvalue weighted by atomic mass is 9.95. The molecule has 1 aromatic heterocycles. The van der Waals surface area contributed by atoms with Gasteiger partial charge in [-0.3, -0.25) is 14.9 Å². The molecule has 1 amide bonds. The molecular weight excluding hydrogens is 348 g/mol. The summed E-state index contributed by atoms with van der Waals surface area (Å²) in [5.41, 5.74) is 1.04. The second-order valence-electron chi connectivity index (χ2n) is 7.13. The Morgan fingerprint density at radius 2 is 2.04 bits per heavy atom. The van der Waals surface area contributed by atoms with Crippen LogP contribution in [0.5, 0.6) is 0 Å². The summed E-state index contributed by atoms with van der Waals surface area (Å²) in [4.78, 5) is 25.1. The van der Waals surface area contributed by atoms with Gasteiger partial charge in [-0.25, -0.2) is 0 Å². The minimum absolute atomic E-state index is 0.0383. The van der Waals surface area contributed by atoms with Crippen LogP contribution in [-0.2, 0) is 13.1 Å². The summed E-state index contributed by atoms with van der Waals surface area (Å²) in [6, 6.07) is 4.56. The van der Waals surface area contributed by atoms with Crippen LogP contribution in [0.15, 0.2) is 18.2 Å². The number of amides is 1. The van der Waals surface area contributed by atoms with Gasteiger partial charge in [0.25, 0.3) is 11.6 Å². The van der Waals surface area contributed by atoms with Crippen LogP contribution in [0.4, 0.5) is 5.69 Å². The first-order chi connectivity index (χ1) is 13.0. The molecule has 3 heterocycles. The first-order valence-electron chi connectivity index (χ1n) is 9.21. The van der Waals surface area contributed by atoms with Crippen LogP contribution in [0, 0.1) is 17.0 Å². The number of carbonyl (C=O) groups excluding carboxylic acids is 1. The van der Waals surface area contributed by atoms with E-state index in [4.69, 9.17) is 0 Å². The van der Waals surface area contributed by atoms with E-state index >= 15 is 0 Å². The largest absolute Gasteiger partial charge is 0.339 e. The first-order valence-corrected chi connectivity index (χ1v) is 9.21. The van der Waals surface area contributed by atoms with Crippen LogP contribution in [0.2, 0.25) is 0 Å². The van der Waals surface area contributed by atoms with E-state index < -0.39 is 4.92 Å². The number of nitro benzene ring substituents is 1. The van der Waals surface area contributed by atoms with Crippen molar-refractivity contribution in [3.8, 4) is 0 Å². The number of hydrogen-bond acceptors (Lipinski definition) is 6. The molecule has 2 aromatic rings. The van der Waals surface area contributed by atoms with Gasteiger partial charge in [0.2, 0.25) is 0 Å². The van der Waals surface area contributed by atoms with E-state index in [-0.39, 0.29) is 11.6 Å². The normalized spacial score (nSPS) is 17.6. The molecule has 0 atom stereocenters. The van der Waals surface area contributed by atoms with E-state index in [9.17, 15) is 14.9 Å². The van der Waals surface area contributed by atoms with Crippen LogP contribution in [0.3, 0.4) is 0 Å². The Balaban J connectivity index is 1.43. The average Bonchev–Trinajstić information content (AvgIpc) is 3.11. The zero-order valence-electron chi connectivity index (χ0n) is 15.2. The molecule has 1 fully saturated rings. The highest BCUT2D eigenvalue weighted by atomic mass is 16.6. The van der Waals surface area contributed by atoms with Gasteiger partial charge in [0.05, 0.1) is 11.5 Å². The maximum atomic E-state index is 12.8. The fraction of sp³-hybridized carbons (Fsp3) is 0.500. The van der Waals surface area contributed by atoms with Gasteiger partial charge in [-0.05, 0) is 31.9 Å². The van der Waals surface area contributed by atoms with Gasteiger partial charge in [0.15, 0.2) is 0 Å². The maximum absolute atomic E-state index is 12.8. The van der Waals surface area contributed by atoms with Crippen molar-refractivity contribution >= 4 is 11.6 Å². The number of aromatic nitrogens is 3. The molecule has 9 heteroatoms. The van der Waals surface area contributed by atoms with Crippen LogP contribution >= 0.6 is 0 Å². The van der Waals surface area contributed by atoms with Crippen LogP contribution in [0.1, 0.15) is 46.3 Å². The predicted molar refractivity (Wildman–Crippen MR) is 97.4 cm³/mol. The average molecular weight is 370 g/mol. The van der Waals surface area contributed by atoms with Crippen molar-refractivity contribution in [2.75, 3.05) is 19.6 Å². The Labute approximate surface area is 156 Å². The first kappa shape index (κ1) is 17.6. The lowest BCUT2D eigenvalue weighted by molar-refractivity contribution is -0.385. The Morgan fingerprint density at radius 1 is 1.26 bits per heavy atom. The van der Waals surface area contributed by atoms with Crippen molar-refractivity contribution in [3.05, 3.63) is 51.1 Å². The monoisotopic (exact) mass is 370 g/mol. The van der Waals surface area contributed by atoms with Crippen LogP contribution in [0.25, 0.3) is 0 Å². The summed E-state index contributed by atoms with van der Waals surface area (Å²) < 4.78 is 2.21. The zero-order valence-corrected chi connectivity index (χ0v) is 15.2. The highest BCUT2D eigenvalue weighted by molar-refractivity contribution is 5.94. The van der Waals surface area contributed by atoms with E-state index in [1.807, 2.05) is 4.90 Å². The number of piperidine rings is 1. The number of nitro groups is 1. The lowest BCUT2D eigenvalue weighted by Crippen LogP contribution is -2.39. The molecule has 1 N–H and O–H groups in total. The summed E-state index contributed by atoms with van der Waals surface area (Å²) >= 11 is 0. The molecule has 0 bridgehead atoms. The molecule has 142 valence electrons. The highest BCUT2D eigenvalue weighted by Gasteiger charge is 2.29. The number of benzene rings is 1. The molecule has 0 saturated carbocycles. The van der Waals surface area contributed by atoms with Crippen molar-refractivity contribution in [3.63, 3.8) is 0 Å². The summed E-state index contributed by atoms with van der Waals surface area (Å²) in [7, 11) is 0. The fourth-order valence-electron chi connectivity index (χ4n) is 3.93. The van der Waals surface area contributed by atoms with Gasteiger partial charge in [0.1, 0.15) is 11.6 Å². The second kappa shape index (κ2) is 7.07. The topological polar surface area (TPSA) is 106 Å². The lowest BCUT2D eigenvalue weighted by Gasteiger charge is -2.32. The number of aryl methyl sites for hydroxylation is 1. The predicted octanol–water partition coefficient (Wildman–Crippen LogP) is 1.62. The number of hydrogen-bond donors (Lipinski definition) is 1. The fourth-order valence-corrected chi connectivity index (χ4v) is 3.93. The highest BCUT2D eigenvalue weighted by Crippen LogP contribution is 2.29. The van der Waals surface area contributed by atoms with E-state index in [0.29, 0.717) is 30.1 Å². The Hall–Kier alpha value is -2.81. The van der Waals surface area contributed by atoms with Gasteiger partial charge >= 0.3 is 0 Å². The molecule has 4 rings (SSSR count). The number of rotatable bonds is 3. The number of likely N-dealkylation sites (tertiary alicyclic amines) is 1. The van der Waals surface area contributed by atoms with Gasteiger partial charge in [-0.1, -0.05) is 0 Å². The molecule has 27 heavy (non-hydrogen) atoms. The smallest absolute Gasteiger partial charge is 0.272 e. The van der Waals surface area contributed by atoms with Crippen molar-refractivity contribution in [1.29, 1.82) is 0 Å². The van der Waals surface area contributed by atoms with E-state index in [2.05, 4.69) is 20.1 Å². The molecule has 1 saturated heterocycles. The molecule has 9 nitrogen and oxygen atoms in total. The second-order valence-corrected chi connectivity index (χ2v) is 7.13. The SMILES string of the molecule is Cc1cc(C(=O)N2CCC(c3nnc4n3CCNC4)CC2)ccc1[N+](=O)[O-]. The molecule has 0 aliphatic carbocycles. The number of carbonyl (C=O) groups is 1. The molecule has 1 aromatic carbocycles. The standard InChI is InChI=1S/C18H22N6O3/c1-12-10-14(2-3-15(12)24(26)27)18(25)22-7-4-13(5-8-22)17-21-20-16-11-19-6-9-23(16)17/h2-3,10,13,19H,4-9,11H2,1H3. The summed E-state index contributed by atoms with van der Waals surface area (Å²) in [5, 5.41) is 22.9. The van der Waals surface area contributed by atoms with Crippen molar-refractivity contribution in [2.24, 2.45) is 0 Å². The minimum Gasteiger partial charge on any atom is -0.339 e. The summed E-state index contributed by atoms with van der Waals surface area (Å²) in [5.74, 6) is 2.26. The quantitative estimate of drug-likeness (QED) is 0.650. The number of nitrogens with one attached hydrogen (secondary N) is 1. The molecule has 2 aliphatic heterocycles. The Kier molecular flexibility index (Phi) is 4.61. The van der Waals surface area contributed by atoms with Crippen LogP contribution < -0.4 is 5.32 Å². The minimum atomic E-state index is -0.427. The summed E-state index contributed by atoms with van der Waals surface area (Å²) in [6.07, 6.45) is 1.70. The van der Waals surface area contributed by atoms with Crippen molar-refractivity contribution in [1.82, 2.24) is 25.0 Å². The zero-order chi connectivity index (χ0) is 19.0. The van der Waals surface area contributed by atoms with Crippen molar-refractivity contribution < 1.29 is 9.72 Å². The Bertz CT molecular complexity index is 885. The van der Waals surface area contributed by atoms with Crippen LogP contribution in [-0.4, -0.2) is 50.1 Å². The third-order valence-electron chi connectivity index (χ3n) is 5.44. The third kappa shape index (κ3) is 3.30. The van der Waals surface area contributed by atoms with E-state index in [1.54, 1.807) is 19.1 Å². The van der Waals surface area contributed by atoms with Gasteiger partial charge in [0, 0.05) is 49.3 Å². The van der Waals surface area contributed by atoms with E-state index in [0.717, 1.165) is 44.1 Å². The maximum Gasteiger partial charge on any atom is 0.272 e. The van der Waals surface area contributed by atoms with Gasteiger partial charge < -0.3 is 14.8 Å². The van der Waals surface area contributed by atoms with Gasteiger partial charge in [-0.15, -0.1) is 10.2 Å². The number of nitrogens with zero attached hydrogens (tertiary/aromatic N) is 5. The molecule has 0 unspecified atom stereocenters. The molecule has 0 radical (unpaired) electrons. The molecular formula is C18H22N6O3. The molecule has 2 aliphatic rings. The van der Waals surface area contributed by atoms with E-state index in [1.165, 1.54) is 6.07 Å². The number of fused-ring (bicyclic) bond motifs is 1. The Morgan fingerprint density at radius 3 is 2.74 bits per heavy atom. The third-order valence-corrected chi connectivity index (χ3v) is 5.44. The summed E-state index contributed by atoms with van der Waals surface area (Å²) in [6.45, 7) is 5.53. The van der Waals surface area contributed by atoms with Gasteiger partial charge in [-0.2, -0.15) is 0 Å².